The van der Waals surface area contributed by atoms with E-state index in [0.29, 0.717) is 5.69 Å². The summed E-state index contributed by atoms with van der Waals surface area (Å²) in [6, 6.07) is 0. The van der Waals surface area contributed by atoms with E-state index in [0.717, 1.165) is 30.6 Å². The van der Waals surface area contributed by atoms with Crippen LogP contribution in [0.1, 0.15) is 19.3 Å². The number of nitrogens with zero attached hydrogens (tertiary/aromatic N) is 3. The summed E-state index contributed by atoms with van der Waals surface area (Å²) in [6.07, 6.45) is 5.07. The average molecular weight is 210 g/mol. The molecule has 0 unspecified atom stereocenters. The zero-order valence-corrected chi connectivity index (χ0v) is 8.56. The van der Waals surface area contributed by atoms with E-state index in [-0.39, 0.29) is 11.8 Å². The molecular formula is C9H16N5O+. The highest BCUT2D eigenvalue weighted by atomic mass is 16.3. The first kappa shape index (κ1) is 9.82. The maximum Gasteiger partial charge on any atom is 0.414 e. The van der Waals surface area contributed by atoms with Gasteiger partial charge in [0.05, 0.1) is 0 Å². The van der Waals surface area contributed by atoms with E-state index in [2.05, 4.69) is 9.88 Å². The van der Waals surface area contributed by atoms with Crippen molar-refractivity contribution in [2.75, 3.05) is 29.6 Å². The Morgan fingerprint density at radius 3 is 2.67 bits per heavy atom. The molecule has 2 heterocycles. The van der Waals surface area contributed by atoms with E-state index < -0.39 is 0 Å². The molecule has 0 amide bonds. The number of rotatable bonds is 1. The molecule has 1 aliphatic heterocycles. The Labute approximate surface area is 88.1 Å². The topological polar surface area (TPSA) is 92.3 Å². The maximum atomic E-state index is 9.81. The van der Waals surface area contributed by atoms with Gasteiger partial charge in [0.1, 0.15) is 6.20 Å². The number of nitrogens with two attached hydrogens (primary N) is 2. The number of piperidine rings is 1. The van der Waals surface area contributed by atoms with Crippen LogP contribution in [0.4, 0.5) is 11.6 Å². The van der Waals surface area contributed by atoms with Gasteiger partial charge in [0, 0.05) is 13.1 Å². The maximum absolute atomic E-state index is 9.81. The van der Waals surface area contributed by atoms with Gasteiger partial charge in [0.2, 0.25) is 0 Å². The van der Waals surface area contributed by atoms with E-state index in [4.69, 9.17) is 11.6 Å². The summed E-state index contributed by atoms with van der Waals surface area (Å²) in [4.78, 5) is 6.01. The van der Waals surface area contributed by atoms with Crippen molar-refractivity contribution in [2.24, 2.45) is 0 Å². The molecule has 15 heavy (non-hydrogen) atoms. The molecule has 1 fully saturated rings. The lowest BCUT2D eigenvalue weighted by Gasteiger charge is -2.27. The van der Waals surface area contributed by atoms with Crippen LogP contribution in [0.5, 0.6) is 5.88 Å². The van der Waals surface area contributed by atoms with Crippen LogP contribution in [0.3, 0.4) is 0 Å². The lowest BCUT2D eigenvalue weighted by molar-refractivity contribution is -0.633. The quantitative estimate of drug-likeness (QED) is 0.423. The molecule has 0 atom stereocenters. The molecule has 5 N–H and O–H groups in total. The Bertz CT molecular complexity index is 362. The van der Waals surface area contributed by atoms with Crippen LogP contribution in [0, 0.1) is 0 Å². The van der Waals surface area contributed by atoms with Gasteiger partial charge in [-0.15, -0.1) is 0 Å². The second-order valence-electron chi connectivity index (χ2n) is 3.74. The largest absolute Gasteiger partial charge is 0.480 e. The van der Waals surface area contributed by atoms with Gasteiger partial charge >= 0.3 is 11.8 Å². The van der Waals surface area contributed by atoms with Crippen LogP contribution >= 0.6 is 0 Å². The van der Waals surface area contributed by atoms with Crippen LogP contribution in [0.25, 0.3) is 0 Å². The SMILES string of the molecule is Nc1ncc(N2CCCCC2)c(O)[n+]1N. The predicted molar refractivity (Wildman–Crippen MR) is 56.7 cm³/mol. The average Bonchev–Trinajstić information content (AvgIpc) is 2.27. The normalized spacial score (nSPS) is 16.7. The van der Waals surface area contributed by atoms with Crippen molar-refractivity contribution in [3.63, 3.8) is 0 Å². The van der Waals surface area contributed by atoms with Crippen molar-refractivity contribution in [1.82, 2.24) is 4.98 Å². The van der Waals surface area contributed by atoms with Gasteiger partial charge in [-0.25, -0.2) is 0 Å². The van der Waals surface area contributed by atoms with E-state index in [1.165, 1.54) is 6.42 Å². The minimum Gasteiger partial charge on any atom is -0.480 e. The van der Waals surface area contributed by atoms with Crippen LogP contribution in [0.15, 0.2) is 6.20 Å². The third-order valence-corrected chi connectivity index (χ3v) is 2.72. The summed E-state index contributed by atoms with van der Waals surface area (Å²) in [6.45, 7) is 1.86. The lowest BCUT2D eigenvalue weighted by Crippen LogP contribution is -2.48. The van der Waals surface area contributed by atoms with E-state index in [1.807, 2.05) is 0 Å². The second kappa shape index (κ2) is 3.80. The molecule has 1 aromatic rings. The fraction of sp³-hybridized carbons (Fsp3) is 0.556. The summed E-state index contributed by atoms with van der Waals surface area (Å²) in [7, 11) is 0. The first-order valence-electron chi connectivity index (χ1n) is 5.09. The smallest absolute Gasteiger partial charge is 0.414 e. The van der Waals surface area contributed by atoms with Gasteiger partial charge in [-0.2, -0.15) is 0 Å². The molecule has 6 heteroatoms. The van der Waals surface area contributed by atoms with Gasteiger partial charge in [0.15, 0.2) is 5.69 Å². The molecule has 0 spiro atoms. The molecule has 82 valence electrons. The second-order valence-corrected chi connectivity index (χ2v) is 3.74. The Morgan fingerprint density at radius 2 is 2.00 bits per heavy atom. The fourth-order valence-electron chi connectivity index (χ4n) is 1.84. The van der Waals surface area contributed by atoms with Crippen molar-refractivity contribution in [3.05, 3.63) is 6.20 Å². The van der Waals surface area contributed by atoms with Crippen LogP contribution in [0.2, 0.25) is 0 Å². The Hall–Kier alpha value is -1.72. The number of anilines is 2. The number of nitrogen functional groups attached to an aromatic ring is 2. The number of hydrogen-bond donors (Lipinski definition) is 3. The minimum atomic E-state index is -0.0237. The van der Waals surface area contributed by atoms with Crippen molar-refractivity contribution < 1.29 is 9.78 Å². The van der Waals surface area contributed by atoms with Gasteiger partial charge < -0.3 is 10.0 Å². The van der Waals surface area contributed by atoms with Crippen molar-refractivity contribution in [2.45, 2.75) is 19.3 Å². The van der Waals surface area contributed by atoms with Crippen LogP contribution < -0.4 is 21.2 Å². The molecule has 0 radical (unpaired) electrons. The number of hydrogen-bond acceptors (Lipinski definition) is 5. The Kier molecular flexibility index (Phi) is 2.49. The molecule has 1 aliphatic rings. The molecule has 0 aromatic carbocycles. The molecule has 1 saturated heterocycles. The molecule has 0 aliphatic carbocycles. The van der Waals surface area contributed by atoms with Crippen molar-refractivity contribution in [3.8, 4) is 5.88 Å². The standard InChI is InChI=1S/C9H15N5O/c10-9-12-6-7(8(15)14(9)11)13-4-2-1-3-5-13/h6H,1-5,11H2,(H2,10,12,15)/p+1. The molecule has 6 nitrogen and oxygen atoms in total. The van der Waals surface area contributed by atoms with Gasteiger partial charge in [-0.05, 0) is 19.3 Å². The highest BCUT2D eigenvalue weighted by Gasteiger charge is 2.21. The minimum absolute atomic E-state index is 0.0237. The zero-order valence-electron chi connectivity index (χ0n) is 8.56. The molecular weight excluding hydrogens is 194 g/mol. The summed E-state index contributed by atoms with van der Waals surface area (Å²) >= 11 is 0. The summed E-state index contributed by atoms with van der Waals surface area (Å²) < 4.78 is 1.00. The van der Waals surface area contributed by atoms with E-state index in [1.54, 1.807) is 6.20 Å². The number of aromatic hydroxyl groups is 1. The van der Waals surface area contributed by atoms with Gasteiger partial charge in [-0.1, -0.05) is 9.66 Å². The van der Waals surface area contributed by atoms with Crippen molar-refractivity contribution in [1.29, 1.82) is 0 Å². The van der Waals surface area contributed by atoms with Crippen molar-refractivity contribution >= 4 is 11.6 Å². The van der Waals surface area contributed by atoms with Crippen LogP contribution in [-0.2, 0) is 0 Å². The summed E-state index contributed by atoms with van der Waals surface area (Å²) in [5, 5.41) is 9.81. The summed E-state index contributed by atoms with van der Waals surface area (Å²) in [5.74, 6) is 5.62. The van der Waals surface area contributed by atoms with E-state index >= 15 is 0 Å². The Morgan fingerprint density at radius 1 is 1.33 bits per heavy atom. The third kappa shape index (κ3) is 1.74. The molecule has 1 aromatic heterocycles. The highest BCUT2D eigenvalue weighted by molar-refractivity contribution is 5.51. The fourth-order valence-corrected chi connectivity index (χ4v) is 1.84. The van der Waals surface area contributed by atoms with Gasteiger partial charge in [-0.3, -0.25) is 11.6 Å². The third-order valence-electron chi connectivity index (χ3n) is 2.72. The monoisotopic (exact) mass is 210 g/mol. The zero-order chi connectivity index (χ0) is 10.8. The number of aromatic nitrogens is 2. The predicted octanol–water partition coefficient (Wildman–Crippen LogP) is -0.639. The molecule has 2 rings (SSSR count). The highest BCUT2D eigenvalue weighted by Crippen LogP contribution is 2.25. The lowest BCUT2D eigenvalue weighted by atomic mass is 10.1. The summed E-state index contributed by atoms with van der Waals surface area (Å²) in [5.41, 5.74) is 6.13. The van der Waals surface area contributed by atoms with Crippen LogP contribution in [-0.4, -0.2) is 23.2 Å². The van der Waals surface area contributed by atoms with Gasteiger partial charge in [0.25, 0.3) is 0 Å². The molecule has 0 saturated carbocycles. The molecule has 0 bridgehead atoms. The first-order valence-corrected chi connectivity index (χ1v) is 5.09. The van der Waals surface area contributed by atoms with E-state index in [9.17, 15) is 5.11 Å². The first-order chi connectivity index (χ1) is 7.20. The Balaban J connectivity index is 2.31.